The van der Waals surface area contributed by atoms with E-state index >= 15 is 0 Å². The Balaban J connectivity index is 1.90. The van der Waals surface area contributed by atoms with Crippen LogP contribution in [0.1, 0.15) is 50.7 Å². The lowest BCUT2D eigenvalue weighted by molar-refractivity contribution is -0.103. The molecule has 1 saturated heterocycles. The molecule has 1 aliphatic heterocycles. The molecule has 6 heteroatoms. The van der Waals surface area contributed by atoms with Gasteiger partial charge in [0.2, 0.25) is 0 Å². The molecule has 1 atom stereocenters. The molecule has 0 aromatic heterocycles. The monoisotopic (exact) mass is 410 g/mol. The normalized spacial score (nSPS) is 18.0. The van der Waals surface area contributed by atoms with Gasteiger partial charge in [-0.15, -0.1) is 0 Å². The zero-order valence-corrected chi connectivity index (χ0v) is 17.9. The van der Waals surface area contributed by atoms with Crippen LogP contribution in [0, 0.1) is 6.92 Å². The van der Waals surface area contributed by atoms with Crippen LogP contribution >= 0.6 is 11.6 Å². The summed E-state index contributed by atoms with van der Waals surface area (Å²) >= 11 is 6.16. The fraction of sp³-hybridized carbons (Fsp3) is 0.545. The number of allylic oxidation sites excluding steroid dienone is 3. The number of aromatic hydroxyl groups is 2. The van der Waals surface area contributed by atoms with Gasteiger partial charge >= 0.3 is 0 Å². The van der Waals surface area contributed by atoms with Crippen LogP contribution in [-0.2, 0) is 15.9 Å². The number of hydrogen-bond acceptors (Lipinski definition) is 5. The third-order valence-electron chi connectivity index (χ3n) is 4.94. The van der Waals surface area contributed by atoms with Crippen molar-refractivity contribution in [3.8, 4) is 17.2 Å². The van der Waals surface area contributed by atoms with Gasteiger partial charge in [0, 0.05) is 24.2 Å². The largest absolute Gasteiger partial charge is 0.506 e. The Labute approximate surface area is 172 Å². The average Bonchev–Trinajstić information content (AvgIpc) is 3.19. The van der Waals surface area contributed by atoms with Gasteiger partial charge in [-0.3, -0.25) is 0 Å². The fourth-order valence-electron chi connectivity index (χ4n) is 3.17. The highest BCUT2D eigenvalue weighted by molar-refractivity contribution is 6.33. The first kappa shape index (κ1) is 22.6. The fourth-order valence-corrected chi connectivity index (χ4v) is 3.37. The molecule has 0 spiro atoms. The number of methoxy groups -OCH3 is 1. The van der Waals surface area contributed by atoms with E-state index in [9.17, 15) is 10.2 Å². The summed E-state index contributed by atoms with van der Waals surface area (Å²) in [5.74, 6) is 0.144. The second-order valence-electron chi connectivity index (χ2n) is 7.25. The number of hydrogen-bond donors (Lipinski definition) is 2. The maximum absolute atomic E-state index is 10.4. The summed E-state index contributed by atoms with van der Waals surface area (Å²) in [6.07, 6.45) is 8.32. The lowest BCUT2D eigenvalue weighted by Crippen LogP contribution is -2.11. The molecular formula is C22H31ClO5. The van der Waals surface area contributed by atoms with E-state index < -0.39 is 0 Å². The predicted octanol–water partition coefficient (Wildman–Crippen LogP) is 5.44. The lowest BCUT2D eigenvalue weighted by atomic mass is 10.0. The molecule has 1 aromatic rings. The van der Waals surface area contributed by atoms with Crippen LogP contribution in [-0.4, -0.2) is 36.8 Å². The van der Waals surface area contributed by atoms with E-state index in [-0.39, 0.29) is 22.8 Å². The summed E-state index contributed by atoms with van der Waals surface area (Å²) in [5.41, 5.74) is 3.25. The SMILES string of the molecule is COc1c(C)c(Cl)c(O)c(CC=C(C)CCC=C(C)COC2CCCO2)c1O. The van der Waals surface area contributed by atoms with E-state index in [0.717, 1.165) is 32.3 Å². The average molecular weight is 411 g/mol. The van der Waals surface area contributed by atoms with Crippen molar-refractivity contribution in [3.05, 3.63) is 39.4 Å². The summed E-state index contributed by atoms with van der Waals surface area (Å²) in [7, 11) is 1.47. The molecule has 0 aliphatic carbocycles. The summed E-state index contributed by atoms with van der Waals surface area (Å²) in [5, 5.41) is 20.9. The van der Waals surface area contributed by atoms with Crippen LogP contribution in [0.15, 0.2) is 23.3 Å². The number of rotatable bonds is 9. The molecule has 5 nitrogen and oxygen atoms in total. The summed E-state index contributed by atoms with van der Waals surface area (Å²) in [6.45, 7) is 7.18. The first-order chi connectivity index (χ1) is 13.3. The summed E-state index contributed by atoms with van der Waals surface area (Å²) in [6, 6.07) is 0. The van der Waals surface area contributed by atoms with Crippen molar-refractivity contribution in [1.82, 2.24) is 0 Å². The molecule has 156 valence electrons. The molecule has 0 amide bonds. The van der Waals surface area contributed by atoms with Crippen molar-refractivity contribution in [2.24, 2.45) is 0 Å². The lowest BCUT2D eigenvalue weighted by Gasteiger charge is -2.15. The summed E-state index contributed by atoms with van der Waals surface area (Å²) in [4.78, 5) is 0. The number of phenols is 2. The maximum atomic E-state index is 10.4. The van der Waals surface area contributed by atoms with E-state index in [1.165, 1.54) is 18.3 Å². The van der Waals surface area contributed by atoms with Crippen LogP contribution in [0.25, 0.3) is 0 Å². The van der Waals surface area contributed by atoms with Crippen LogP contribution in [0.5, 0.6) is 17.2 Å². The van der Waals surface area contributed by atoms with Crippen molar-refractivity contribution < 1.29 is 24.4 Å². The predicted molar refractivity (Wildman–Crippen MR) is 111 cm³/mol. The molecule has 1 unspecified atom stereocenters. The van der Waals surface area contributed by atoms with Crippen molar-refractivity contribution >= 4 is 11.6 Å². The molecule has 0 bridgehead atoms. The van der Waals surface area contributed by atoms with Crippen LogP contribution in [0.4, 0.5) is 0 Å². The molecule has 1 aromatic carbocycles. The van der Waals surface area contributed by atoms with Crippen molar-refractivity contribution in [1.29, 1.82) is 0 Å². The van der Waals surface area contributed by atoms with Gasteiger partial charge < -0.3 is 24.4 Å². The van der Waals surface area contributed by atoms with Gasteiger partial charge in [0.15, 0.2) is 17.8 Å². The van der Waals surface area contributed by atoms with Crippen LogP contribution < -0.4 is 4.74 Å². The molecule has 2 N–H and O–H groups in total. The topological polar surface area (TPSA) is 68.2 Å². The molecule has 0 saturated carbocycles. The second-order valence-corrected chi connectivity index (χ2v) is 7.62. The Morgan fingerprint density at radius 2 is 1.96 bits per heavy atom. The molecular weight excluding hydrogens is 380 g/mol. The Morgan fingerprint density at radius 3 is 2.61 bits per heavy atom. The van der Waals surface area contributed by atoms with Gasteiger partial charge in [-0.05, 0) is 46.5 Å². The van der Waals surface area contributed by atoms with Crippen molar-refractivity contribution in [3.63, 3.8) is 0 Å². The van der Waals surface area contributed by atoms with E-state index in [1.807, 2.05) is 13.0 Å². The van der Waals surface area contributed by atoms with Gasteiger partial charge in [0.1, 0.15) is 5.75 Å². The third kappa shape index (κ3) is 5.90. The Hall–Kier alpha value is -1.69. The molecule has 1 heterocycles. The quantitative estimate of drug-likeness (QED) is 0.531. The highest BCUT2D eigenvalue weighted by Crippen LogP contribution is 2.45. The Morgan fingerprint density at radius 1 is 1.21 bits per heavy atom. The van der Waals surface area contributed by atoms with Gasteiger partial charge in [0.05, 0.1) is 18.7 Å². The van der Waals surface area contributed by atoms with Crippen molar-refractivity contribution in [2.45, 2.75) is 59.2 Å². The Kier molecular flexibility index (Phi) is 8.67. The van der Waals surface area contributed by atoms with Crippen molar-refractivity contribution in [2.75, 3.05) is 20.3 Å². The van der Waals surface area contributed by atoms with Gasteiger partial charge in [-0.1, -0.05) is 34.9 Å². The molecule has 1 fully saturated rings. The minimum Gasteiger partial charge on any atom is -0.506 e. The molecule has 1 aliphatic rings. The first-order valence-corrected chi connectivity index (χ1v) is 10.0. The maximum Gasteiger partial charge on any atom is 0.165 e. The van der Waals surface area contributed by atoms with E-state index in [2.05, 4.69) is 13.0 Å². The number of benzene rings is 1. The van der Waals surface area contributed by atoms with Gasteiger partial charge in [0.25, 0.3) is 0 Å². The minimum absolute atomic E-state index is 0.0522. The molecule has 28 heavy (non-hydrogen) atoms. The minimum atomic E-state index is -0.0939. The zero-order valence-electron chi connectivity index (χ0n) is 17.2. The van der Waals surface area contributed by atoms with Crippen LogP contribution in [0.2, 0.25) is 5.02 Å². The summed E-state index contributed by atoms with van der Waals surface area (Å²) < 4.78 is 16.4. The van der Waals surface area contributed by atoms with Gasteiger partial charge in [-0.2, -0.15) is 0 Å². The zero-order chi connectivity index (χ0) is 20.7. The van der Waals surface area contributed by atoms with Crippen LogP contribution in [0.3, 0.4) is 0 Å². The number of ether oxygens (including phenoxy) is 3. The number of phenolic OH excluding ortho intramolecular Hbond substituents is 2. The molecule has 2 rings (SSSR count). The highest BCUT2D eigenvalue weighted by Gasteiger charge is 2.20. The first-order valence-electron chi connectivity index (χ1n) is 9.66. The number of halogens is 1. The highest BCUT2D eigenvalue weighted by atomic mass is 35.5. The van der Waals surface area contributed by atoms with E-state index in [0.29, 0.717) is 29.9 Å². The second kappa shape index (κ2) is 10.7. The van der Waals surface area contributed by atoms with E-state index in [1.54, 1.807) is 6.92 Å². The Bertz CT molecular complexity index is 733. The standard InChI is InChI=1S/C22H31ClO5/c1-14(7-5-8-15(2)13-28-18-9-6-12-27-18)10-11-17-20(24)19(23)16(3)22(26-4)21(17)25/h8,10,18,24-25H,5-7,9,11-13H2,1-4H3. The van der Waals surface area contributed by atoms with E-state index in [4.69, 9.17) is 25.8 Å². The third-order valence-corrected chi connectivity index (χ3v) is 5.40. The smallest absolute Gasteiger partial charge is 0.165 e. The van der Waals surface area contributed by atoms with Gasteiger partial charge in [-0.25, -0.2) is 0 Å². The molecule has 0 radical (unpaired) electrons.